The summed E-state index contributed by atoms with van der Waals surface area (Å²) in [5.41, 5.74) is 1.41. The zero-order valence-corrected chi connectivity index (χ0v) is 15.9. The van der Waals surface area contributed by atoms with Crippen molar-refractivity contribution < 1.29 is 28.6 Å². The van der Waals surface area contributed by atoms with Crippen LogP contribution in [0.4, 0.5) is 4.39 Å². The number of nitrogens with one attached hydrogen (secondary N) is 1. The molecule has 0 saturated carbocycles. The summed E-state index contributed by atoms with van der Waals surface area (Å²) >= 11 is 0. The largest absolute Gasteiger partial charge is 0.497 e. The van der Waals surface area contributed by atoms with Crippen LogP contribution in [0.5, 0.6) is 11.5 Å². The number of aryl methyl sites for hydroxylation is 1. The molecule has 2 aromatic rings. The number of rotatable bonds is 10. The zero-order valence-electron chi connectivity index (χ0n) is 15.9. The van der Waals surface area contributed by atoms with Crippen LogP contribution in [0.2, 0.25) is 0 Å². The topological polar surface area (TPSA) is 84.9 Å². The summed E-state index contributed by atoms with van der Waals surface area (Å²) in [6.07, 6.45) is 1.48. The number of aliphatic carboxylic acids is 1. The Morgan fingerprint density at radius 3 is 2.43 bits per heavy atom. The van der Waals surface area contributed by atoms with Gasteiger partial charge in [-0.3, -0.25) is 9.59 Å². The summed E-state index contributed by atoms with van der Waals surface area (Å²) in [5.74, 6) is -1.28. The van der Waals surface area contributed by atoms with Gasteiger partial charge in [-0.15, -0.1) is 0 Å². The van der Waals surface area contributed by atoms with E-state index in [9.17, 15) is 19.1 Å². The van der Waals surface area contributed by atoms with E-state index in [0.29, 0.717) is 29.9 Å². The van der Waals surface area contributed by atoms with Gasteiger partial charge in [0.05, 0.1) is 20.1 Å². The number of amides is 1. The van der Waals surface area contributed by atoms with Crippen LogP contribution in [0.15, 0.2) is 42.5 Å². The lowest BCUT2D eigenvalue weighted by atomic mass is 9.99. The highest BCUT2D eigenvalue weighted by atomic mass is 19.1. The number of hydrogen-bond donors (Lipinski definition) is 2. The van der Waals surface area contributed by atoms with E-state index in [-0.39, 0.29) is 18.9 Å². The second-order valence-corrected chi connectivity index (χ2v) is 6.28. The highest BCUT2D eigenvalue weighted by molar-refractivity contribution is 5.79. The molecule has 0 radical (unpaired) electrons. The van der Waals surface area contributed by atoms with Gasteiger partial charge >= 0.3 is 5.97 Å². The van der Waals surface area contributed by atoms with Gasteiger partial charge in [0, 0.05) is 19.0 Å². The van der Waals surface area contributed by atoms with Crippen LogP contribution in [-0.2, 0) is 16.0 Å². The van der Waals surface area contributed by atoms with Gasteiger partial charge in [0.25, 0.3) is 0 Å². The number of carbonyl (C=O) groups excluding carboxylic acids is 1. The van der Waals surface area contributed by atoms with E-state index in [1.807, 2.05) is 12.1 Å². The van der Waals surface area contributed by atoms with Crippen molar-refractivity contribution in [1.29, 1.82) is 0 Å². The molecule has 1 unspecified atom stereocenters. The first-order chi connectivity index (χ1) is 13.4. The first-order valence-electron chi connectivity index (χ1n) is 8.90. The van der Waals surface area contributed by atoms with E-state index in [1.54, 1.807) is 20.3 Å². The number of ether oxygens (including phenoxy) is 2. The molecule has 28 heavy (non-hydrogen) atoms. The summed E-state index contributed by atoms with van der Waals surface area (Å²) in [7, 11) is 3.15. The highest BCUT2D eigenvalue weighted by Gasteiger charge is 2.20. The maximum atomic E-state index is 13.0. The summed E-state index contributed by atoms with van der Waals surface area (Å²) < 4.78 is 23.5. The molecule has 2 N–H and O–H groups in total. The first-order valence-corrected chi connectivity index (χ1v) is 8.90. The summed E-state index contributed by atoms with van der Waals surface area (Å²) in [6, 6.07) is 10.7. The molecule has 150 valence electrons. The van der Waals surface area contributed by atoms with E-state index in [0.717, 1.165) is 5.56 Å². The average Bonchev–Trinajstić information content (AvgIpc) is 2.69. The van der Waals surface area contributed by atoms with Crippen LogP contribution in [0.3, 0.4) is 0 Å². The fourth-order valence-corrected chi connectivity index (χ4v) is 2.84. The van der Waals surface area contributed by atoms with Crippen LogP contribution in [0, 0.1) is 5.82 Å². The summed E-state index contributed by atoms with van der Waals surface area (Å²) in [4.78, 5) is 23.5. The van der Waals surface area contributed by atoms with Crippen molar-refractivity contribution in [1.82, 2.24) is 5.32 Å². The molecule has 0 aromatic heterocycles. The second-order valence-electron chi connectivity index (χ2n) is 6.28. The number of carboxylic acids is 1. The van der Waals surface area contributed by atoms with Crippen LogP contribution < -0.4 is 14.8 Å². The van der Waals surface area contributed by atoms with Crippen molar-refractivity contribution in [3.05, 3.63) is 59.4 Å². The number of carbonyl (C=O) groups is 2. The van der Waals surface area contributed by atoms with Crippen molar-refractivity contribution in [2.75, 3.05) is 20.8 Å². The molecule has 0 bridgehead atoms. The maximum Gasteiger partial charge on any atom is 0.312 e. The Balaban J connectivity index is 1.85. The Kier molecular flexibility index (Phi) is 7.80. The van der Waals surface area contributed by atoms with Crippen LogP contribution in [0.1, 0.15) is 29.9 Å². The highest BCUT2D eigenvalue weighted by Crippen LogP contribution is 2.25. The molecular formula is C21H24FNO5. The van der Waals surface area contributed by atoms with Gasteiger partial charge in [-0.25, -0.2) is 4.39 Å². The van der Waals surface area contributed by atoms with Gasteiger partial charge in [-0.1, -0.05) is 18.2 Å². The molecule has 0 aliphatic heterocycles. The molecule has 0 saturated heterocycles. The van der Waals surface area contributed by atoms with E-state index < -0.39 is 17.7 Å². The summed E-state index contributed by atoms with van der Waals surface area (Å²) in [6.45, 7) is -0.0499. The third-order valence-electron chi connectivity index (χ3n) is 4.42. The smallest absolute Gasteiger partial charge is 0.312 e. The van der Waals surface area contributed by atoms with E-state index >= 15 is 0 Å². The number of hydrogen-bond acceptors (Lipinski definition) is 4. The minimum absolute atomic E-state index is 0.0499. The van der Waals surface area contributed by atoms with Crippen molar-refractivity contribution >= 4 is 11.9 Å². The molecule has 0 spiro atoms. The molecule has 0 fully saturated rings. The quantitative estimate of drug-likeness (QED) is 0.652. The Labute approximate surface area is 163 Å². The maximum absolute atomic E-state index is 13.0. The Hall–Kier alpha value is -3.09. The standard InChI is InChI=1S/C21H24FNO5/c1-27-17-11-8-15(19(12-17)28-2)4-3-5-20(24)23-13-18(21(25)26)14-6-9-16(22)10-7-14/h6-12,18H,3-5,13H2,1-2H3,(H,23,24)(H,25,26). The van der Waals surface area contributed by atoms with E-state index in [2.05, 4.69) is 5.32 Å². The SMILES string of the molecule is COc1ccc(CCCC(=O)NCC(C(=O)O)c2ccc(F)cc2)c(OC)c1. The van der Waals surface area contributed by atoms with Gasteiger partial charge < -0.3 is 19.9 Å². The zero-order chi connectivity index (χ0) is 20.5. The van der Waals surface area contributed by atoms with Crippen molar-refractivity contribution in [2.45, 2.75) is 25.2 Å². The molecule has 6 nitrogen and oxygen atoms in total. The Morgan fingerprint density at radius 1 is 1.11 bits per heavy atom. The average molecular weight is 389 g/mol. The number of methoxy groups -OCH3 is 2. The predicted octanol–water partition coefficient (Wildman–Crippen LogP) is 3.15. The molecule has 7 heteroatoms. The van der Waals surface area contributed by atoms with Crippen molar-refractivity contribution in [3.63, 3.8) is 0 Å². The third-order valence-corrected chi connectivity index (χ3v) is 4.42. The fourth-order valence-electron chi connectivity index (χ4n) is 2.84. The number of benzene rings is 2. The summed E-state index contributed by atoms with van der Waals surface area (Å²) in [5, 5.41) is 12.0. The van der Waals surface area contributed by atoms with Crippen LogP contribution in [-0.4, -0.2) is 37.7 Å². The lowest BCUT2D eigenvalue weighted by molar-refractivity contribution is -0.138. The van der Waals surface area contributed by atoms with Gasteiger partial charge in [0.2, 0.25) is 5.91 Å². The molecule has 0 aliphatic carbocycles. The molecule has 1 atom stereocenters. The van der Waals surface area contributed by atoms with Gasteiger partial charge in [-0.2, -0.15) is 0 Å². The second kappa shape index (κ2) is 10.3. The fraction of sp³-hybridized carbons (Fsp3) is 0.333. The predicted molar refractivity (Wildman–Crippen MR) is 102 cm³/mol. The van der Waals surface area contributed by atoms with Crippen molar-refractivity contribution in [2.24, 2.45) is 0 Å². The lowest BCUT2D eigenvalue weighted by Crippen LogP contribution is -2.31. The van der Waals surface area contributed by atoms with E-state index in [4.69, 9.17) is 9.47 Å². The van der Waals surface area contributed by atoms with Crippen molar-refractivity contribution in [3.8, 4) is 11.5 Å². The van der Waals surface area contributed by atoms with Crippen LogP contribution in [0.25, 0.3) is 0 Å². The minimum atomic E-state index is -1.07. The monoisotopic (exact) mass is 389 g/mol. The molecule has 2 aromatic carbocycles. The molecule has 2 rings (SSSR count). The first kappa shape index (κ1) is 21.2. The molecular weight excluding hydrogens is 365 g/mol. The van der Waals surface area contributed by atoms with Gasteiger partial charge in [0.15, 0.2) is 0 Å². The number of halogens is 1. The Morgan fingerprint density at radius 2 is 1.82 bits per heavy atom. The molecule has 0 aliphatic rings. The number of carboxylic acid groups (broad SMARTS) is 1. The lowest BCUT2D eigenvalue weighted by Gasteiger charge is -2.14. The van der Waals surface area contributed by atoms with Gasteiger partial charge in [-0.05, 0) is 42.2 Å². The Bertz CT molecular complexity index is 807. The normalized spacial score (nSPS) is 11.5. The molecule has 1 amide bonds. The minimum Gasteiger partial charge on any atom is -0.497 e. The van der Waals surface area contributed by atoms with E-state index in [1.165, 1.54) is 24.3 Å². The van der Waals surface area contributed by atoms with Gasteiger partial charge in [0.1, 0.15) is 17.3 Å². The molecule has 0 heterocycles. The third kappa shape index (κ3) is 5.97. The van der Waals surface area contributed by atoms with Crippen LogP contribution >= 0.6 is 0 Å².